The number of hydrogen-bond acceptors (Lipinski definition) is 4. The fraction of sp³-hybridized carbons (Fsp3) is 0.417. The van der Waals surface area contributed by atoms with Gasteiger partial charge in [0, 0.05) is 6.04 Å². The summed E-state index contributed by atoms with van der Waals surface area (Å²) < 4.78 is 5.37. The molecule has 4 N–H and O–H groups in total. The number of rotatable bonds is 6. The molecular weight excluding hydrogens is 220 g/mol. The maximum absolute atomic E-state index is 11.4. The zero-order valence-corrected chi connectivity index (χ0v) is 9.85. The highest BCUT2D eigenvalue weighted by Gasteiger charge is 2.06. The van der Waals surface area contributed by atoms with Crippen LogP contribution in [0.15, 0.2) is 24.3 Å². The standard InChI is InChI=1S/C12H18N2O3/c1-9(8-15)14-12(16)6-7-17-11-5-3-2-4-10(11)13/h2-5,9,15H,6-8,13H2,1H3,(H,14,16)/t9-/m1/s1. The molecule has 0 aromatic heterocycles. The van der Waals surface area contributed by atoms with Gasteiger partial charge in [-0.3, -0.25) is 4.79 Å². The summed E-state index contributed by atoms with van der Waals surface area (Å²) in [7, 11) is 0. The quantitative estimate of drug-likeness (QED) is 0.631. The molecule has 94 valence electrons. The minimum Gasteiger partial charge on any atom is -0.491 e. The van der Waals surface area contributed by atoms with Gasteiger partial charge in [0.15, 0.2) is 0 Å². The van der Waals surface area contributed by atoms with E-state index >= 15 is 0 Å². The topological polar surface area (TPSA) is 84.6 Å². The van der Waals surface area contributed by atoms with Gasteiger partial charge in [-0.2, -0.15) is 0 Å². The minimum atomic E-state index is -0.232. The summed E-state index contributed by atoms with van der Waals surface area (Å²) in [6.45, 7) is 1.92. The van der Waals surface area contributed by atoms with Crippen molar-refractivity contribution >= 4 is 11.6 Å². The van der Waals surface area contributed by atoms with Crippen LogP contribution in [0.2, 0.25) is 0 Å². The molecule has 0 saturated heterocycles. The van der Waals surface area contributed by atoms with E-state index in [9.17, 15) is 4.79 Å². The third kappa shape index (κ3) is 4.74. The van der Waals surface area contributed by atoms with Crippen molar-refractivity contribution in [2.24, 2.45) is 0 Å². The number of aliphatic hydroxyl groups is 1. The van der Waals surface area contributed by atoms with Gasteiger partial charge < -0.3 is 20.9 Å². The smallest absolute Gasteiger partial charge is 0.223 e. The second kappa shape index (κ2) is 6.75. The lowest BCUT2D eigenvalue weighted by Crippen LogP contribution is -2.35. The molecule has 5 heteroatoms. The van der Waals surface area contributed by atoms with Crippen LogP contribution in [-0.4, -0.2) is 30.3 Å². The Kier molecular flexibility index (Phi) is 5.29. The third-order valence-electron chi connectivity index (χ3n) is 2.19. The predicted octanol–water partition coefficient (Wildman–Crippen LogP) is 0.535. The highest BCUT2D eigenvalue weighted by atomic mass is 16.5. The summed E-state index contributed by atoms with van der Waals surface area (Å²) in [5.41, 5.74) is 6.23. The lowest BCUT2D eigenvalue weighted by Gasteiger charge is -2.11. The van der Waals surface area contributed by atoms with Gasteiger partial charge in [0.25, 0.3) is 0 Å². The van der Waals surface area contributed by atoms with Crippen LogP contribution in [0.1, 0.15) is 13.3 Å². The van der Waals surface area contributed by atoms with Gasteiger partial charge >= 0.3 is 0 Å². The lowest BCUT2D eigenvalue weighted by molar-refractivity contribution is -0.122. The number of nitrogen functional groups attached to an aromatic ring is 1. The molecule has 0 fully saturated rings. The van der Waals surface area contributed by atoms with Crippen LogP contribution in [-0.2, 0) is 4.79 Å². The molecule has 0 saturated carbocycles. The molecule has 0 radical (unpaired) electrons. The van der Waals surface area contributed by atoms with E-state index in [-0.39, 0.29) is 31.6 Å². The first kappa shape index (κ1) is 13.3. The van der Waals surface area contributed by atoms with E-state index in [1.54, 1.807) is 19.1 Å². The number of aliphatic hydroxyl groups excluding tert-OH is 1. The molecule has 0 spiro atoms. The van der Waals surface area contributed by atoms with Crippen LogP contribution in [0.25, 0.3) is 0 Å². The number of hydrogen-bond donors (Lipinski definition) is 3. The second-order valence-corrected chi connectivity index (χ2v) is 3.79. The summed E-state index contributed by atoms with van der Waals surface area (Å²) in [6, 6.07) is 6.90. The molecule has 0 heterocycles. The summed E-state index contributed by atoms with van der Waals surface area (Å²) >= 11 is 0. The third-order valence-corrected chi connectivity index (χ3v) is 2.19. The first-order valence-electron chi connectivity index (χ1n) is 5.51. The number of para-hydroxylation sites is 2. The SMILES string of the molecule is C[C@H](CO)NC(=O)CCOc1ccccc1N. The van der Waals surface area contributed by atoms with Gasteiger partial charge in [0.2, 0.25) is 5.91 Å². The average Bonchev–Trinajstić information content (AvgIpc) is 2.31. The van der Waals surface area contributed by atoms with E-state index in [2.05, 4.69) is 5.32 Å². The molecule has 0 aliphatic heterocycles. The average molecular weight is 238 g/mol. The van der Waals surface area contributed by atoms with Crippen molar-refractivity contribution in [1.82, 2.24) is 5.32 Å². The van der Waals surface area contributed by atoms with Crippen molar-refractivity contribution in [1.29, 1.82) is 0 Å². The predicted molar refractivity (Wildman–Crippen MR) is 65.7 cm³/mol. The monoisotopic (exact) mass is 238 g/mol. The largest absolute Gasteiger partial charge is 0.491 e. The van der Waals surface area contributed by atoms with Crippen molar-refractivity contribution in [2.75, 3.05) is 18.9 Å². The van der Waals surface area contributed by atoms with Gasteiger partial charge in [-0.1, -0.05) is 12.1 Å². The molecule has 0 aliphatic carbocycles. The Morgan fingerprint density at radius 1 is 1.53 bits per heavy atom. The van der Waals surface area contributed by atoms with Gasteiger partial charge in [-0.15, -0.1) is 0 Å². The molecule has 1 rings (SSSR count). The van der Waals surface area contributed by atoms with E-state index in [1.165, 1.54) is 0 Å². The Hall–Kier alpha value is -1.75. The fourth-order valence-corrected chi connectivity index (χ4v) is 1.26. The van der Waals surface area contributed by atoms with Crippen molar-refractivity contribution in [2.45, 2.75) is 19.4 Å². The Morgan fingerprint density at radius 2 is 2.24 bits per heavy atom. The molecule has 0 aliphatic rings. The van der Waals surface area contributed by atoms with E-state index in [1.807, 2.05) is 12.1 Å². The van der Waals surface area contributed by atoms with Crippen molar-refractivity contribution < 1.29 is 14.6 Å². The first-order chi connectivity index (χ1) is 8.13. The van der Waals surface area contributed by atoms with Crippen LogP contribution < -0.4 is 15.8 Å². The Morgan fingerprint density at radius 3 is 2.88 bits per heavy atom. The van der Waals surface area contributed by atoms with Crippen LogP contribution >= 0.6 is 0 Å². The number of amides is 1. The van der Waals surface area contributed by atoms with E-state index in [0.29, 0.717) is 11.4 Å². The number of anilines is 1. The zero-order valence-electron chi connectivity index (χ0n) is 9.85. The molecular formula is C12H18N2O3. The normalized spacial score (nSPS) is 11.9. The maximum Gasteiger partial charge on any atom is 0.223 e. The molecule has 0 bridgehead atoms. The van der Waals surface area contributed by atoms with Gasteiger partial charge in [-0.05, 0) is 19.1 Å². The number of nitrogens with one attached hydrogen (secondary N) is 1. The minimum absolute atomic E-state index is 0.0712. The van der Waals surface area contributed by atoms with Crippen molar-refractivity contribution in [3.63, 3.8) is 0 Å². The van der Waals surface area contributed by atoms with E-state index < -0.39 is 0 Å². The van der Waals surface area contributed by atoms with Crippen LogP contribution in [0.4, 0.5) is 5.69 Å². The van der Waals surface area contributed by atoms with Gasteiger partial charge in [-0.25, -0.2) is 0 Å². The summed E-state index contributed by atoms with van der Waals surface area (Å²) in [5.74, 6) is 0.427. The number of benzene rings is 1. The van der Waals surface area contributed by atoms with Crippen LogP contribution in [0.3, 0.4) is 0 Å². The Bertz CT molecular complexity index is 369. The molecule has 1 atom stereocenters. The molecule has 5 nitrogen and oxygen atoms in total. The molecule has 1 aromatic rings. The Labute approximate surface area is 101 Å². The number of carbonyl (C=O) groups is 1. The Balaban J connectivity index is 2.29. The molecule has 1 amide bonds. The first-order valence-corrected chi connectivity index (χ1v) is 5.51. The highest BCUT2D eigenvalue weighted by Crippen LogP contribution is 2.19. The summed E-state index contributed by atoms with van der Waals surface area (Å²) in [6.07, 6.45) is 0.235. The summed E-state index contributed by atoms with van der Waals surface area (Å²) in [4.78, 5) is 11.4. The maximum atomic E-state index is 11.4. The second-order valence-electron chi connectivity index (χ2n) is 3.79. The van der Waals surface area contributed by atoms with Gasteiger partial charge in [0.05, 0.1) is 25.3 Å². The lowest BCUT2D eigenvalue weighted by atomic mass is 10.3. The zero-order chi connectivity index (χ0) is 12.7. The van der Waals surface area contributed by atoms with Crippen LogP contribution in [0.5, 0.6) is 5.75 Å². The summed E-state index contributed by atoms with van der Waals surface area (Å²) in [5, 5.41) is 11.4. The molecule has 0 unspecified atom stereocenters. The van der Waals surface area contributed by atoms with Crippen molar-refractivity contribution in [3.8, 4) is 5.75 Å². The van der Waals surface area contributed by atoms with Crippen molar-refractivity contribution in [3.05, 3.63) is 24.3 Å². The van der Waals surface area contributed by atoms with Crippen LogP contribution in [0, 0.1) is 0 Å². The molecule has 1 aromatic carbocycles. The van der Waals surface area contributed by atoms with E-state index in [4.69, 9.17) is 15.6 Å². The number of nitrogens with two attached hydrogens (primary N) is 1. The number of ether oxygens (including phenoxy) is 1. The molecule has 17 heavy (non-hydrogen) atoms. The fourth-order valence-electron chi connectivity index (χ4n) is 1.26. The highest BCUT2D eigenvalue weighted by molar-refractivity contribution is 5.76. The van der Waals surface area contributed by atoms with E-state index in [0.717, 1.165) is 0 Å². The van der Waals surface area contributed by atoms with Gasteiger partial charge in [0.1, 0.15) is 5.75 Å². The number of carbonyl (C=O) groups excluding carboxylic acids is 1.